The van der Waals surface area contributed by atoms with Gasteiger partial charge in [-0.2, -0.15) is 5.10 Å². The molecule has 1 aromatic carbocycles. The molecule has 0 saturated heterocycles. The molecular formula is C19H25N5O2. The van der Waals surface area contributed by atoms with Crippen LogP contribution in [0, 0.1) is 19.8 Å². The zero-order chi connectivity index (χ0) is 18.5. The van der Waals surface area contributed by atoms with Crippen LogP contribution < -0.4 is 16.0 Å². The van der Waals surface area contributed by atoms with E-state index in [1.165, 1.54) is 0 Å². The Balaban J connectivity index is 1.54. The van der Waals surface area contributed by atoms with Gasteiger partial charge in [0.15, 0.2) is 0 Å². The molecule has 0 aliphatic heterocycles. The average molecular weight is 355 g/mol. The molecule has 1 heterocycles. The second-order valence-electron chi connectivity index (χ2n) is 6.77. The lowest BCUT2D eigenvalue weighted by atomic mass is 10.1. The Labute approximate surface area is 153 Å². The minimum Gasteiger partial charge on any atom is -0.334 e. The highest BCUT2D eigenvalue weighted by Crippen LogP contribution is 2.26. The largest absolute Gasteiger partial charge is 0.334 e. The van der Waals surface area contributed by atoms with E-state index in [0.29, 0.717) is 17.9 Å². The van der Waals surface area contributed by atoms with E-state index in [2.05, 4.69) is 26.1 Å². The van der Waals surface area contributed by atoms with Gasteiger partial charge in [-0.05, 0) is 44.9 Å². The third kappa shape index (κ3) is 4.41. The van der Waals surface area contributed by atoms with Crippen molar-refractivity contribution in [1.82, 2.24) is 15.5 Å². The van der Waals surface area contributed by atoms with Crippen molar-refractivity contribution in [3.05, 3.63) is 41.2 Å². The molecule has 26 heavy (non-hydrogen) atoms. The zero-order valence-electron chi connectivity index (χ0n) is 15.2. The van der Waals surface area contributed by atoms with Crippen LogP contribution in [0.5, 0.6) is 0 Å². The molecule has 3 amide bonds. The highest BCUT2D eigenvalue weighted by Gasteiger charge is 2.22. The molecule has 3 rings (SSSR count). The number of benzene rings is 1. The highest BCUT2D eigenvalue weighted by atomic mass is 16.2. The van der Waals surface area contributed by atoms with E-state index in [9.17, 15) is 9.59 Å². The van der Waals surface area contributed by atoms with Gasteiger partial charge < -0.3 is 16.0 Å². The summed E-state index contributed by atoms with van der Waals surface area (Å²) in [5.74, 6) is 0.173. The molecule has 1 aromatic heterocycles. The normalized spacial score (nSPS) is 14.2. The molecule has 0 atom stereocenters. The number of H-pyrrole nitrogens is 1. The number of urea groups is 1. The van der Waals surface area contributed by atoms with E-state index in [1.807, 2.05) is 26.0 Å². The molecule has 0 bridgehead atoms. The molecule has 7 heteroatoms. The topological polar surface area (TPSA) is 98.9 Å². The minimum absolute atomic E-state index is 0.0648. The van der Waals surface area contributed by atoms with Crippen molar-refractivity contribution in [2.75, 3.05) is 10.6 Å². The summed E-state index contributed by atoms with van der Waals surface area (Å²) >= 11 is 0. The fourth-order valence-corrected chi connectivity index (χ4v) is 3.29. The number of carbonyl (C=O) groups excluding carboxylic acids is 2. The van der Waals surface area contributed by atoms with Crippen LogP contribution in [0.25, 0.3) is 0 Å². The predicted octanol–water partition coefficient (Wildman–Crippen LogP) is 3.48. The fourth-order valence-electron chi connectivity index (χ4n) is 3.29. The van der Waals surface area contributed by atoms with Gasteiger partial charge in [-0.15, -0.1) is 0 Å². The van der Waals surface area contributed by atoms with Gasteiger partial charge in [-0.1, -0.05) is 18.9 Å². The second-order valence-corrected chi connectivity index (χ2v) is 6.77. The quantitative estimate of drug-likeness (QED) is 0.661. The van der Waals surface area contributed by atoms with Gasteiger partial charge in [-0.25, -0.2) is 4.79 Å². The lowest BCUT2D eigenvalue weighted by Crippen LogP contribution is -2.28. The van der Waals surface area contributed by atoms with Crippen molar-refractivity contribution in [3.8, 4) is 0 Å². The van der Waals surface area contributed by atoms with Gasteiger partial charge in [0, 0.05) is 35.1 Å². The maximum Gasteiger partial charge on any atom is 0.319 e. The summed E-state index contributed by atoms with van der Waals surface area (Å²) in [6.45, 7) is 4.22. The summed E-state index contributed by atoms with van der Waals surface area (Å²) in [6.07, 6.45) is 4.16. The molecule has 138 valence electrons. The highest BCUT2D eigenvalue weighted by molar-refractivity contribution is 5.94. The Hall–Kier alpha value is -2.83. The summed E-state index contributed by atoms with van der Waals surface area (Å²) in [5, 5.41) is 15.6. The number of anilines is 2. The monoisotopic (exact) mass is 355 g/mol. The van der Waals surface area contributed by atoms with Crippen molar-refractivity contribution in [2.24, 2.45) is 5.92 Å². The maximum absolute atomic E-state index is 12.2. The third-order valence-electron chi connectivity index (χ3n) is 4.82. The zero-order valence-corrected chi connectivity index (χ0v) is 15.2. The number of aromatic amines is 1. The standard InChI is InChI=1S/C19H25N5O2/c1-12-17(13(2)24-23-12)11-20-19(26)22-16-9-5-8-15(10-16)21-18(25)14-6-3-4-7-14/h5,8-10,14H,3-4,6-7,11H2,1-2H3,(H,21,25)(H,23,24)(H2,20,22,26). The summed E-state index contributed by atoms with van der Waals surface area (Å²) in [5.41, 5.74) is 4.13. The second kappa shape index (κ2) is 8.03. The van der Waals surface area contributed by atoms with Crippen molar-refractivity contribution in [2.45, 2.75) is 46.1 Å². The van der Waals surface area contributed by atoms with Gasteiger partial charge >= 0.3 is 6.03 Å². The van der Waals surface area contributed by atoms with Crippen LogP contribution in [0.15, 0.2) is 24.3 Å². The molecule has 0 unspecified atom stereocenters. The van der Waals surface area contributed by atoms with Crippen molar-refractivity contribution >= 4 is 23.3 Å². The van der Waals surface area contributed by atoms with Crippen LogP contribution >= 0.6 is 0 Å². The van der Waals surface area contributed by atoms with Crippen LogP contribution in [0.2, 0.25) is 0 Å². The number of amides is 3. The van der Waals surface area contributed by atoms with Gasteiger partial charge in [0.1, 0.15) is 0 Å². The van der Waals surface area contributed by atoms with Gasteiger partial charge in [-0.3, -0.25) is 9.89 Å². The average Bonchev–Trinajstić information content (AvgIpc) is 3.24. The molecule has 0 radical (unpaired) electrons. The molecule has 1 saturated carbocycles. The van der Waals surface area contributed by atoms with E-state index in [-0.39, 0.29) is 17.9 Å². The number of hydrogen-bond donors (Lipinski definition) is 4. The van der Waals surface area contributed by atoms with Crippen LogP contribution in [0.3, 0.4) is 0 Å². The van der Waals surface area contributed by atoms with Crippen molar-refractivity contribution in [1.29, 1.82) is 0 Å². The number of rotatable bonds is 5. The lowest BCUT2D eigenvalue weighted by molar-refractivity contribution is -0.119. The Morgan fingerprint density at radius 2 is 1.85 bits per heavy atom. The first-order chi connectivity index (χ1) is 12.5. The van der Waals surface area contributed by atoms with Crippen molar-refractivity contribution in [3.63, 3.8) is 0 Å². The fraction of sp³-hybridized carbons (Fsp3) is 0.421. The Bertz CT molecular complexity index is 773. The van der Waals surface area contributed by atoms with E-state index >= 15 is 0 Å². The van der Waals surface area contributed by atoms with Crippen LogP contribution in [-0.2, 0) is 11.3 Å². The molecule has 1 aliphatic rings. The SMILES string of the molecule is Cc1n[nH]c(C)c1CNC(=O)Nc1cccc(NC(=O)C2CCCC2)c1. The number of carbonyl (C=O) groups is 2. The molecule has 4 N–H and O–H groups in total. The number of aryl methyl sites for hydroxylation is 2. The summed E-state index contributed by atoms with van der Waals surface area (Å²) < 4.78 is 0. The molecule has 0 spiro atoms. The van der Waals surface area contributed by atoms with Gasteiger partial charge in [0.2, 0.25) is 5.91 Å². The number of nitrogens with zero attached hydrogens (tertiary/aromatic N) is 1. The molecule has 1 aliphatic carbocycles. The van der Waals surface area contributed by atoms with Crippen molar-refractivity contribution < 1.29 is 9.59 Å². The van der Waals surface area contributed by atoms with E-state index in [4.69, 9.17) is 0 Å². The number of nitrogens with one attached hydrogen (secondary N) is 4. The molecule has 2 aromatic rings. The molecule has 1 fully saturated rings. The maximum atomic E-state index is 12.2. The first kappa shape index (κ1) is 18.0. The smallest absolute Gasteiger partial charge is 0.319 e. The Morgan fingerprint density at radius 1 is 1.15 bits per heavy atom. The third-order valence-corrected chi connectivity index (χ3v) is 4.82. The number of hydrogen-bond acceptors (Lipinski definition) is 3. The first-order valence-corrected chi connectivity index (χ1v) is 8.99. The molecular weight excluding hydrogens is 330 g/mol. The predicted molar refractivity (Wildman–Crippen MR) is 101 cm³/mol. The van der Waals surface area contributed by atoms with E-state index in [1.54, 1.807) is 12.1 Å². The van der Waals surface area contributed by atoms with E-state index < -0.39 is 0 Å². The lowest BCUT2D eigenvalue weighted by Gasteiger charge is -2.12. The van der Waals surface area contributed by atoms with Gasteiger partial charge in [0.05, 0.1) is 5.69 Å². The Kier molecular flexibility index (Phi) is 5.55. The van der Waals surface area contributed by atoms with E-state index in [0.717, 1.165) is 42.6 Å². The van der Waals surface area contributed by atoms with Crippen LogP contribution in [-0.4, -0.2) is 22.1 Å². The van der Waals surface area contributed by atoms with Crippen LogP contribution in [0.4, 0.5) is 16.2 Å². The number of aromatic nitrogens is 2. The first-order valence-electron chi connectivity index (χ1n) is 8.99. The summed E-state index contributed by atoms with van der Waals surface area (Å²) in [7, 11) is 0. The molecule has 7 nitrogen and oxygen atoms in total. The Morgan fingerprint density at radius 3 is 2.50 bits per heavy atom. The summed E-state index contributed by atoms with van der Waals surface area (Å²) in [4.78, 5) is 24.4. The van der Waals surface area contributed by atoms with Crippen LogP contribution in [0.1, 0.15) is 42.6 Å². The minimum atomic E-state index is -0.302. The summed E-state index contributed by atoms with van der Waals surface area (Å²) in [6, 6.07) is 6.89. The van der Waals surface area contributed by atoms with Gasteiger partial charge in [0.25, 0.3) is 0 Å².